The Bertz CT molecular complexity index is 1270. The van der Waals surface area contributed by atoms with E-state index in [1.54, 1.807) is 31.2 Å². The molecule has 0 aromatic heterocycles. The van der Waals surface area contributed by atoms with Crippen molar-refractivity contribution in [2.24, 2.45) is 0 Å². The number of carbonyl (C=O) groups excluding carboxylic acids is 2. The largest absolute Gasteiger partial charge is 0.480 e. The minimum absolute atomic E-state index is 0.0779. The number of amides is 2. The van der Waals surface area contributed by atoms with Crippen LogP contribution in [-0.4, -0.2) is 46.7 Å². The van der Waals surface area contributed by atoms with Crippen molar-refractivity contribution in [2.75, 3.05) is 18.5 Å². The molecule has 3 aromatic carbocycles. The van der Waals surface area contributed by atoms with Crippen molar-refractivity contribution < 1.29 is 24.2 Å². The Balaban J connectivity index is 1.32. The molecule has 0 saturated carbocycles. The molecule has 1 heterocycles. The monoisotopic (exact) mass is 470 g/mol. The summed E-state index contributed by atoms with van der Waals surface area (Å²) in [6, 6.07) is 22.8. The molecule has 1 aliphatic heterocycles. The van der Waals surface area contributed by atoms with Crippen LogP contribution in [0.25, 0.3) is 11.1 Å². The van der Waals surface area contributed by atoms with E-state index in [1.807, 2.05) is 36.4 Å². The third-order valence-electron chi connectivity index (χ3n) is 7.08. The summed E-state index contributed by atoms with van der Waals surface area (Å²) in [7, 11) is 0. The zero-order valence-electron chi connectivity index (χ0n) is 19.4. The summed E-state index contributed by atoms with van der Waals surface area (Å²) >= 11 is 0. The van der Waals surface area contributed by atoms with Crippen molar-refractivity contribution in [2.45, 2.75) is 31.2 Å². The maximum atomic E-state index is 13.3. The minimum Gasteiger partial charge on any atom is -0.480 e. The molecular weight excluding hydrogens is 444 g/mol. The van der Waals surface area contributed by atoms with Crippen molar-refractivity contribution >= 4 is 23.7 Å². The summed E-state index contributed by atoms with van der Waals surface area (Å²) in [5.74, 6) is -1.54. The van der Waals surface area contributed by atoms with E-state index >= 15 is 0 Å². The van der Waals surface area contributed by atoms with E-state index in [9.17, 15) is 19.5 Å². The summed E-state index contributed by atoms with van der Waals surface area (Å²) in [4.78, 5) is 39.3. The fourth-order valence-corrected chi connectivity index (χ4v) is 5.18. The van der Waals surface area contributed by atoms with E-state index in [4.69, 9.17) is 4.74 Å². The Hall–Kier alpha value is -4.13. The predicted molar refractivity (Wildman–Crippen MR) is 131 cm³/mol. The molecule has 2 N–H and O–H groups in total. The quantitative estimate of drug-likeness (QED) is 0.539. The number of carboxylic acid groups (broad SMARTS) is 1. The van der Waals surface area contributed by atoms with Gasteiger partial charge in [-0.3, -0.25) is 10.1 Å². The number of carbonyl (C=O) groups is 3. The molecule has 1 saturated heterocycles. The smallest absolute Gasteiger partial charge is 0.411 e. The van der Waals surface area contributed by atoms with Crippen molar-refractivity contribution in [3.8, 4) is 11.1 Å². The van der Waals surface area contributed by atoms with Gasteiger partial charge in [-0.1, -0.05) is 60.7 Å². The van der Waals surface area contributed by atoms with Crippen LogP contribution in [0.2, 0.25) is 0 Å². The first-order valence-corrected chi connectivity index (χ1v) is 11.7. The summed E-state index contributed by atoms with van der Waals surface area (Å²) < 4.78 is 5.61. The van der Waals surface area contributed by atoms with Gasteiger partial charge in [-0.05, 0) is 54.2 Å². The minimum atomic E-state index is -1.27. The summed E-state index contributed by atoms with van der Waals surface area (Å²) in [5.41, 5.74) is 3.75. The number of ether oxygens (including phenoxy) is 1. The summed E-state index contributed by atoms with van der Waals surface area (Å²) in [5, 5.41) is 12.4. The number of nitrogens with zero attached hydrogens (tertiary/aromatic N) is 1. The topological polar surface area (TPSA) is 95.9 Å². The molecule has 0 radical (unpaired) electrons. The Morgan fingerprint density at radius 2 is 1.57 bits per heavy atom. The number of hydrogen-bond donors (Lipinski definition) is 2. The number of para-hydroxylation sites is 1. The number of likely N-dealkylation sites (tertiary alicyclic amines) is 1. The van der Waals surface area contributed by atoms with Gasteiger partial charge >= 0.3 is 12.1 Å². The Morgan fingerprint density at radius 3 is 2.23 bits per heavy atom. The van der Waals surface area contributed by atoms with E-state index in [0.29, 0.717) is 19.4 Å². The van der Waals surface area contributed by atoms with Crippen LogP contribution in [0.5, 0.6) is 0 Å². The number of hydrogen-bond acceptors (Lipinski definition) is 4. The van der Waals surface area contributed by atoms with Gasteiger partial charge in [0.25, 0.3) is 5.91 Å². The fraction of sp³-hybridized carbons (Fsp3) is 0.250. The lowest BCUT2D eigenvalue weighted by Gasteiger charge is -2.31. The first-order valence-electron chi connectivity index (χ1n) is 11.7. The number of rotatable bonds is 5. The van der Waals surface area contributed by atoms with Crippen LogP contribution >= 0.6 is 0 Å². The van der Waals surface area contributed by atoms with Crippen LogP contribution < -0.4 is 5.32 Å². The van der Waals surface area contributed by atoms with Crippen molar-refractivity contribution in [3.63, 3.8) is 0 Å². The molecule has 1 fully saturated rings. The lowest BCUT2D eigenvalue weighted by Crippen LogP contribution is -2.50. The third kappa shape index (κ3) is 3.93. The van der Waals surface area contributed by atoms with Crippen molar-refractivity contribution in [3.05, 3.63) is 89.5 Å². The fourth-order valence-electron chi connectivity index (χ4n) is 5.18. The normalized spacial score (nSPS) is 18.6. The molecule has 1 aliphatic carbocycles. The van der Waals surface area contributed by atoms with Gasteiger partial charge in [0.05, 0.1) is 11.3 Å². The van der Waals surface area contributed by atoms with Gasteiger partial charge in [0.2, 0.25) is 0 Å². The van der Waals surface area contributed by atoms with Crippen molar-refractivity contribution in [1.29, 1.82) is 0 Å². The standard InChI is InChI=1S/C28H26N2O5/c1-28(26(32)33)15-8-16-30(28)25(31)22-13-6-7-14-24(22)29-27(34)35-17-23-20-11-4-2-9-18(20)19-10-3-5-12-21(19)23/h2-7,9-14,23H,8,15-17H2,1H3,(H,29,34)(H,32,33)/t28-/m1/s1. The van der Waals surface area contributed by atoms with Crippen LogP contribution in [0.3, 0.4) is 0 Å². The SMILES string of the molecule is C[C@]1(C(=O)O)CCCN1C(=O)c1ccccc1NC(=O)OCC1c2ccccc2-c2ccccc21. The highest BCUT2D eigenvalue weighted by Crippen LogP contribution is 2.44. The van der Waals surface area contributed by atoms with Crippen LogP contribution in [0.1, 0.15) is 47.2 Å². The first-order chi connectivity index (χ1) is 16.9. The molecule has 178 valence electrons. The zero-order chi connectivity index (χ0) is 24.6. The van der Waals surface area contributed by atoms with E-state index in [0.717, 1.165) is 22.3 Å². The van der Waals surface area contributed by atoms with Gasteiger partial charge in [0, 0.05) is 12.5 Å². The lowest BCUT2D eigenvalue weighted by molar-refractivity contribution is -0.147. The highest BCUT2D eigenvalue weighted by Gasteiger charge is 2.46. The second-order valence-corrected chi connectivity index (χ2v) is 9.14. The summed E-state index contributed by atoms with van der Waals surface area (Å²) in [6.07, 6.45) is 0.321. The molecule has 35 heavy (non-hydrogen) atoms. The number of benzene rings is 3. The van der Waals surface area contributed by atoms with Gasteiger partial charge in [-0.2, -0.15) is 0 Å². The number of anilines is 1. The van der Waals surface area contributed by atoms with Crippen LogP contribution in [-0.2, 0) is 9.53 Å². The number of fused-ring (bicyclic) bond motifs is 3. The first kappa shape index (κ1) is 22.7. The molecule has 0 unspecified atom stereocenters. The number of aliphatic carboxylic acids is 1. The van der Waals surface area contributed by atoms with Gasteiger partial charge in [-0.25, -0.2) is 9.59 Å². The maximum absolute atomic E-state index is 13.3. The molecule has 2 aliphatic rings. The molecule has 7 heteroatoms. The molecule has 1 atom stereocenters. The average Bonchev–Trinajstić information content (AvgIpc) is 3.42. The molecule has 0 spiro atoms. The molecule has 5 rings (SSSR count). The molecule has 2 amide bonds. The predicted octanol–water partition coefficient (Wildman–Crippen LogP) is 5.13. The second kappa shape index (κ2) is 8.91. The van der Waals surface area contributed by atoms with Crippen LogP contribution in [0.4, 0.5) is 10.5 Å². The van der Waals surface area contributed by atoms with Gasteiger partial charge in [-0.15, -0.1) is 0 Å². The van der Waals surface area contributed by atoms with Crippen LogP contribution in [0, 0.1) is 0 Å². The van der Waals surface area contributed by atoms with E-state index in [2.05, 4.69) is 17.4 Å². The summed E-state index contributed by atoms with van der Waals surface area (Å²) in [6.45, 7) is 2.06. The Labute approximate surface area is 203 Å². The molecule has 0 bridgehead atoms. The highest BCUT2D eigenvalue weighted by molar-refractivity contribution is 6.04. The Kier molecular flexibility index (Phi) is 5.76. The Morgan fingerprint density at radius 1 is 0.971 bits per heavy atom. The lowest BCUT2D eigenvalue weighted by atomic mass is 9.98. The number of nitrogens with one attached hydrogen (secondary N) is 1. The van der Waals surface area contributed by atoms with E-state index in [1.165, 1.54) is 4.90 Å². The van der Waals surface area contributed by atoms with Crippen molar-refractivity contribution in [1.82, 2.24) is 4.90 Å². The highest BCUT2D eigenvalue weighted by atomic mass is 16.5. The molecule has 3 aromatic rings. The van der Waals surface area contributed by atoms with E-state index in [-0.39, 0.29) is 23.8 Å². The third-order valence-corrected chi connectivity index (χ3v) is 7.08. The molecule has 7 nitrogen and oxygen atoms in total. The van der Waals surface area contributed by atoms with Gasteiger partial charge in [0.1, 0.15) is 12.1 Å². The molecular formula is C28H26N2O5. The zero-order valence-corrected chi connectivity index (χ0v) is 19.4. The van der Waals surface area contributed by atoms with Crippen LogP contribution in [0.15, 0.2) is 72.8 Å². The van der Waals surface area contributed by atoms with E-state index < -0.39 is 23.5 Å². The maximum Gasteiger partial charge on any atom is 0.411 e. The number of carboxylic acids is 1. The van der Waals surface area contributed by atoms with Gasteiger partial charge in [0.15, 0.2) is 0 Å². The van der Waals surface area contributed by atoms with Gasteiger partial charge < -0.3 is 14.7 Å². The second-order valence-electron chi connectivity index (χ2n) is 9.14. The average molecular weight is 471 g/mol.